The van der Waals surface area contributed by atoms with Crippen LogP contribution in [0.15, 0.2) is 30.0 Å². The fourth-order valence-electron chi connectivity index (χ4n) is 1.68. The third-order valence-corrected chi connectivity index (χ3v) is 2.57. The molecule has 0 aliphatic carbocycles. The largest absolute Gasteiger partial charge is 0.501 e. The molecule has 1 heterocycles. The minimum atomic E-state index is -0.950. The summed E-state index contributed by atoms with van der Waals surface area (Å²) in [5, 5.41) is 9.92. The zero-order chi connectivity index (χ0) is 11.5. The molecule has 1 aliphatic rings. The molecule has 2 rings (SSSR count). The first-order chi connectivity index (χ1) is 7.68. The minimum Gasteiger partial charge on any atom is -0.501 e. The number of hydrogen-bond acceptors (Lipinski definition) is 2. The average Bonchev–Trinajstić information content (AvgIpc) is 2.33. The van der Waals surface area contributed by atoms with Gasteiger partial charge in [0.15, 0.2) is 11.6 Å². The highest BCUT2D eigenvalue weighted by atomic mass is 19.2. The van der Waals surface area contributed by atoms with Gasteiger partial charge in [-0.05, 0) is 36.1 Å². The van der Waals surface area contributed by atoms with Crippen LogP contribution in [0.2, 0.25) is 0 Å². The molecule has 1 N–H and O–H groups in total. The van der Waals surface area contributed by atoms with Crippen LogP contribution in [-0.4, -0.2) is 11.7 Å². The van der Waals surface area contributed by atoms with Crippen LogP contribution in [-0.2, 0) is 4.74 Å². The van der Waals surface area contributed by atoms with Crippen LogP contribution in [0.5, 0.6) is 0 Å². The maximum atomic E-state index is 13.0. The molecule has 0 fully saturated rings. The third kappa shape index (κ3) is 2.22. The molecule has 0 bridgehead atoms. The first kappa shape index (κ1) is 11.1. The highest BCUT2D eigenvalue weighted by molar-refractivity contribution is 5.27. The van der Waals surface area contributed by atoms with Crippen LogP contribution < -0.4 is 0 Å². The van der Waals surface area contributed by atoms with Crippen molar-refractivity contribution in [1.29, 1.82) is 0 Å². The van der Waals surface area contributed by atoms with Crippen molar-refractivity contribution in [1.82, 2.24) is 0 Å². The summed E-state index contributed by atoms with van der Waals surface area (Å²) in [6, 6.07) is 3.39. The maximum absolute atomic E-state index is 13.0. The van der Waals surface area contributed by atoms with Gasteiger partial charge in [-0.25, -0.2) is 8.78 Å². The molecular weight excluding hydrogens is 214 g/mol. The first-order valence-corrected chi connectivity index (χ1v) is 5.12. The number of aliphatic hydroxyl groups excluding tert-OH is 1. The molecule has 0 amide bonds. The summed E-state index contributed by atoms with van der Waals surface area (Å²) >= 11 is 0. The quantitative estimate of drug-likeness (QED) is 0.840. The van der Waals surface area contributed by atoms with Gasteiger partial charge in [-0.15, -0.1) is 0 Å². The van der Waals surface area contributed by atoms with E-state index in [1.807, 2.05) is 0 Å². The molecule has 0 aromatic heterocycles. The van der Waals surface area contributed by atoms with Crippen molar-refractivity contribution in [3.05, 3.63) is 47.2 Å². The molecule has 86 valence electrons. The Balaban J connectivity index is 2.22. The Hall–Kier alpha value is -1.42. The van der Waals surface area contributed by atoms with Gasteiger partial charge in [-0.3, -0.25) is 0 Å². The van der Waals surface area contributed by atoms with E-state index in [1.54, 1.807) is 0 Å². The maximum Gasteiger partial charge on any atom is 0.159 e. The van der Waals surface area contributed by atoms with Crippen molar-refractivity contribution in [2.45, 2.75) is 18.9 Å². The van der Waals surface area contributed by atoms with Crippen molar-refractivity contribution in [3.8, 4) is 0 Å². The fourth-order valence-corrected chi connectivity index (χ4v) is 1.68. The number of halogens is 2. The smallest absolute Gasteiger partial charge is 0.159 e. The molecule has 0 saturated carbocycles. The first-order valence-electron chi connectivity index (χ1n) is 5.12. The lowest BCUT2D eigenvalue weighted by molar-refractivity contribution is 0.170. The molecule has 2 nitrogen and oxygen atoms in total. The summed E-state index contributed by atoms with van der Waals surface area (Å²) in [4.78, 5) is 0. The molecule has 1 atom stereocenters. The van der Waals surface area contributed by atoms with Gasteiger partial charge in [0.2, 0.25) is 0 Å². The number of ether oxygens (including phenoxy) is 1. The topological polar surface area (TPSA) is 29.5 Å². The summed E-state index contributed by atoms with van der Waals surface area (Å²) in [6.07, 6.45) is 2.11. The van der Waals surface area contributed by atoms with Gasteiger partial charge in [0.25, 0.3) is 0 Å². The molecule has 1 unspecified atom stereocenters. The van der Waals surface area contributed by atoms with Crippen molar-refractivity contribution >= 4 is 0 Å². The Morgan fingerprint density at radius 1 is 1.25 bits per heavy atom. The van der Waals surface area contributed by atoms with E-state index in [4.69, 9.17) is 4.74 Å². The molecule has 1 aromatic carbocycles. The van der Waals surface area contributed by atoms with Crippen LogP contribution in [0.4, 0.5) is 8.78 Å². The standard InChI is InChI=1S/C12H12F2O2/c13-10-4-3-8(6-11(10)14)12(15)9-2-1-5-16-7-9/h3-4,6-7,12,15H,1-2,5H2. The normalized spacial score (nSPS) is 17.6. The monoisotopic (exact) mass is 226 g/mol. The molecule has 0 spiro atoms. The van der Waals surface area contributed by atoms with Gasteiger partial charge in [0.1, 0.15) is 6.10 Å². The van der Waals surface area contributed by atoms with E-state index >= 15 is 0 Å². The van der Waals surface area contributed by atoms with E-state index in [-0.39, 0.29) is 0 Å². The van der Waals surface area contributed by atoms with Crippen LogP contribution >= 0.6 is 0 Å². The van der Waals surface area contributed by atoms with Gasteiger partial charge in [0, 0.05) is 0 Å². The number of rotatable bonds is 2. The average molecular weight is 226 g/mol. The van der Waals surface area contributed by atoms with Gasteiger partial charge in [-0.2, -0.15) is 0 Å². The highest BCUT2D eigenvalue weighted by Crippen LogP contribution is 2.28. The Bertz CT molecular complexity index is 415. The lowest BCUT2D eigenvalue weighted by atomic mass is 9.98. The van der Waals surface area contributed by atoms with E-state index < -0.39 is 17.7 Å². The molecule has 1 aromatic rings. The molecule has 0 radical (unpaired) electrons. The highest BCUT2D eigenvalue weighted by Gasteiger charge is 2.17. The predicted molar refractivity (Wildman–Crippen MR) is 54.6 cm³/mol. The lowest BCUT2D eigenvalue weighted by Crippen LogP contribution is -2.08. The number of benzene rings is 1. The van der Waals surface area contributed by atoms with Crippen LogP contribution in [0.25, 0.3) is 0 Å². The van der Waals surface area contributed by atoms with Crippen LogP contribution in [0.1, 0.15) is 24.5 Å². The van der Waals surface area contributed by atoms with Crippen LogP contribution in [0.3, 0.4) is 0 Å². The second kappa shape index (κ2) is 4.61. The van der Waals surface area contributed by atoms with Gasteiger partial charge >= 0.3 is 0 Å². The van der Waals surface area contributed by atoms with Crippen molar-refractivity contribution in [3.63, 3.8) is 0 Å². The van der Waals surface area contributed by atoms with Crippen LogP contribution in [0, 0.1) is 11.6 Å². The Kier molecular flexibility index (Phi) is 3.19. The molecule has 1 aliphatic heterocycles. The fraction of sp³-hybridized carbons (Fsp3) is 0.333. The van der Waals surface area contributed by atoms with E-state index in [9.17, 15) is 13.9 Å². The Labute approximate surface area is 92.2 Å². The molecule has 4 heteroatoms. The second-order valence-electron chi connectivity index (χ2n) is 3.74. The number of aliphatic hydroxyl groups is 1. The minimum absolute atomic E-state index is 0.343. The van der Waals surface area contributed by atoms with E-state index in [0.29, 0.717) is 24.2 Å². The molecule has 16 heavy (non-hydrogen) atoms. The van der Waals surface area contributed by atoms with E-state index in [0.717, 1.165) is 18.6 Å². The zero-order valence-electron chi connectivity index (χ0n) is 8.62. The van der Waals surface area contributed by atoms with E-state index in [1.165, 1.54) is 12.3 Å². The summed E-state index contributed by atoms with van der Waals surface area (Å²) in [7, 11) is 0. The number of hydrogen-bond donors (Lipinski definition) is 1. The lowest BCUT2D eigenvalue weighted by Gasteiger charge is -2.19. The van der Waals surface area contributed by atoms with Gasteiger partial charge < -0.3 is 9.84 Å². The zero-order valence-corrected chi connectivity index (χ0v) is 8.62. The third-order valence-electron chi connectivity index (χ3n) is 2.57. The Morgan fingerprint density at radius 2 is 2.06 bits per heavy atom. The van der Waals surface area contributed by atoms with E-state index in [2.05, 4.69) is 0 Å². The molecule has 0 saturated heterocycles. The van der Waals surface area contributed by atoms with Crippen molar-refractivity contribution in [2.75, 3.05) is 6.61 Å². The summed E-state index contributed by atoms with van der Waals surface area (Å²) < 4.78 is 30.8. The summed E-state index contributed by atoms with van der Waals surface area (Å²) in [5.41, 5.74) is 1.04. The molecular formula is C12H12F2O2. The predicted octanol–water partition coefficient (Wildman–Crippen LogP) is 2.69. The van der Waals surface area contributed by atoms with Crippen molar-refractivity contribution < 1.29 is 18.6 Å². The van der Waals surface area contributed by atoms with Gasteiger partial charge in [0.05, 0.1) is 12.9 Å². The summed E-state index contributed by atoms with van der Waals surface area (Å²) in [5.74, 6) is -1.86. The van der Waals surface area contributed by atoms with Gasteiger partial charge in [-0.1, -0.05) is 6.07 Å². The Morgan fingerprint density at radius 3 is 2.69 bits per heavy atom. The second-order valence-corrected chi connectivity index (χ2v) is 3.74. The SMILES string of the molecule is OC(C1=COCCC1)c1ccc(F)c(F)c1. The summed E-state index contributed by atoms with van der Waals surface area (Å²) in [6.45, 7) is 0.633. The van der Waals surface area contributed by atoms with Crippen molar-refractivity contribution in [2.24, 2.45) is 0 Å².